The van der Waals surface area contributed by atoms with E-state index in [-0.39, 0.29) is 18.3 Å². The lowest BCUT2D eigenvalue weighted by Crippen LogP contribution is -2.14. The van der Waals surface area contributed by atoms with E-state index in [1.807, 2.05) is 13.8 Å². The van der Waals surface area contributed by atoms with Gasteiger partial charge in [0.2, 0.25) is 0 Å². The zero-order valence-corrected chi connectivity index (χ0v) is 15.8. The molecule has 0 aliphatic heterocycles. The van der Waals surface area contributed by atoms with Crippen molar-refractivity contribution in [3.8, 4) is 5.75 Å². The smallest absolute Gasteiger partial charge is 0.292 e. The Hall–Kier alpha value is -2.44. The van der Waals surface area contributed by atoms with E-state index < -0.39 is 0 Å². The van der Waals surface area contributed by atoms with Gasteiger partial charge in [0, 0.05) is 12.6 Å². The molecule has 1 amide bonds. The average molecular weight is 394 g/mol. The minimum atomic E-state index is -0.355. The Kier molecular flexibility index (Phi) is 5.54. The highest BCUT2D eigenvalue weighted by Gasteiger charge is 2.15. The van der Waals surface area contributed by atoms with Crippen molar-refractivity contribution in [1.29, 1.82) is 0 Å². The maximum Gasteiger partial charge on any atom is 0.292 e. The van der Waals surface area contributed by atoms with Gasteiger partial charge in [0.1, 0.15) is 29.0 Å². The largest absolute Gasteiger partial charge is 0.484 e. The molecule has 136 valence electrons. The molecule has 3 aromatic rings. The number of hydrogen-bond donors (Lipinski definition) is 1. The van der Waals surface area contributed by atoms with E-state index in [1.165, 1.54) is 0 Å². The van der Waals surface area contributed by atoms with Gasteiger partial charge >= 0.3 is 0 Å². The summed E-state index contributed by atoms with van der Waals surface area (Å²) >= 11 is 12.0. The first-order valence-corrected chi connectivity index (χ1v) is 8.75. The number of carbonyl (C=O) groups is 1. The van der Waals surface area contributed by atoms with Crippen LogP contribution < -0.4 is 10.1 Å². The molecule has 0 fully saturated rings. The van der Waals surface area contributed by atoms with E-state index in [0.717, 1.165) is 5.69 Å². The molecule has 2 aromatic heterocycles. The fourth-order valence-corrected chi connectivity index (χ4v) is 2.73. The Labute approximate surface area is 160 Å². The van der Waals surface area contributed by atoms with Crippen molar-refractivity contribution in [2.45, 2.75) is 27.0 Å². The lowest BCUT2D eigenvalue weighted by Gasteiger charge is -2.07. The van der Waals surface area contributed by atoms with E-state index in [0.29, 0.717) is 33.9 Å². The Morgan fingerprint density at radius 2 is 2.12 bits per heavy atom. The highest BCUT2D eigenvalue weighted by molar-refractivity contribution is 6.42. The monoisotopic (exact) mass is 393 g/mol. The summed E-state index contributed by atoms with van der Waals surface area (Å²) in [5.41, 5.74) is 0.828. The number of ether oxygens (including phenoxy) is 1. The van der Waals surface area contributed by atoms with Gasteiger partial charge < -0.3 is 14.5 Å². The van der Waals surface area contributed by atoms with E-state index >= 15 is 0 Å². The van der Waals surface area contributed by atoms with Gasteiger partial charge in [-0.1, -0.05) is 29.3 Å². The van der Waals surface area contributed by atoms with Gasteiger partial charge in [0.25, 0.3) is 5.91 Å². The number of benzene rings is 1. The maximum absolute atomic E-state index is 12.4. The van der Waals surface area contributed by atoms with Crippen LogP contribution in [0.5, 0.6) is 5.75 Å². The number of anilines is 1. The number of rotatable bonds is 6. The molecule has 3 rings (SSSR count). The topological polar surface area (TPSA) is 69.3 Å². The summed E-state index contributed by atoms with van der Waals surface area (Å²) in [6.45, 7) is 4.59. The van der Waals surface area contributed by atoms with Crippen LogP contribution in [0.15, 0.2) is 40.8 Å². The second kappa shape index (κ2) is 7.85. The maximum atomic E-state index is 12.4. The van der Waals surface area contributed by atoms with Crippen LogP contribution in [-0.4, -0.2) is 15.7 Å². The predicted molar refractivity (Wildman–Crippen MR) is 100 cm³/mol. The molecule has 1 aromatic carbocycles. The van der Waals surface area contributed by atoms with Gasteiger partial charge in [0.15, 0.2) is 5.76 Å². The van der Waals surface area contributed by atoms with Gasteiger partial charge in [-0.15, -0.1) is 0 Å². The molecule has 0 aliphatic carbocycles. The number of amides is 1. The highest BCUT2D eigenvalue weighted by atomic mass is 35.5. The molecule has 0 saturated heterocycles. The summed E-state index contributed by atoms with van der Waals surface area (Å²) in [6.07, 6.45) is 0. The summed E-state index contributed by atoms with van der Waals surface area (Å²) in [5, 5.41) is 7.82. The summed E-state index contributed by atoms with van der Waals surface area (Å²) in [7, 11) is 0. The van der Waals surface area contributed by atoms with Gasteiger partial charge in [-0.2, -0.15) is 5.10 Å². The number of nitrogens with zero attached hydrogens (tertiary/aromatic N) is 2. The zero-order valence-electron chi connectivity index (χ0n) is 14.3. The quantitative estimate of drug-likeness (QED) is 0.643. The van der Waals surface area contributed by atoms with Crippen LogP contribution in [0, 0.1) is 6.92 Å². The van der Waals surface area contributed by atoms with Gasteiger partial charge in [0.05, 0.1) is 10.7 Å². The number of halogens is 2. The third-order valence-corrected chi connectivity index (χ3v) is 4.42. The molecule has 0 saturated carbocycles. The SMILES string of the molecule is CCn1nc(C)cc1NC(=O)c1ccc(COc2cccc(Cl)c2Cl)o1. The summed E-state index contributed by atoms with van der Waals surface area (Å²) in [6, 6.07) is 10.2. The van der Waals surface area contributed by atoms with Crippen LogP contribution in [0.25, 0.3) is 0 Å². The fraction of sp³-hybridized carbons (Fsp3) is 0.222. The lowest BCUT2D eigenvalue weighted by molar-refractivity contribution is 0.0991. The fourth-order valence-electron chi connectivity index (χ4n) is 2.39. The minimum absolute atomic E-state index is 0.124. The Morgan fingerprint density at radius 1 is 1.31 bits per heavy atom. The van der Waals surface area contributed by atoms with Crippen LogP contribution in [0.1, 0.15) is 28.9 Å². The van der Waals surface area contributed by atoms with Crippen molar-refractivity contribution in [2.24, 2.45) is 0 Å². The third kappa shape index (κ3) is 4.03. The molecule has 2 heterocycles. The molecule has 0 aliphatic rings. The van der Waals surface area contributed by atoms with Crippen molar-refractivity contribution < 1.29 is 13.9 Å². The first-order chi connectivity index (χ1) is 12.5. The molecule has 26 heavy (non-hydrogen) atoms. The molecule has 0 atom stereocenters. The number of hydrogen-bond acceptors (Lipinski definition) is 4. The summed E-state index contributed by atoms with van der Waals surface area (Å²) in [4.78, 5) is 12.4. The molecule has 8 heteroatoms. The lowest BCUT2D eigenvalue weighted by atomic mass is 10.3. The molecule has 6 nitrogen and oxygen atoms in total. The standard InChI is InChI=1S/C18H17Cl2N3O3/c1-3-23-16(9-11(2)22-23)21-18(24)15-8-7-12(26-15)10-25-14-6-4-5-13(19)17(14)20/h4-9H,3,10H2,1-2H3,(H,21,24). The predicted octanol–water partition coefficient (Wildman–Crippen LogP) is 4.94. The first kappa shape index (κ1) is 18.4. The highest BCUT2D eigenvalue weighted by Crippen LogP contribution is 2.32. The van der Waals surface area contributed by atoms with E-state index in [2.05, 4.69) is 10.4 Å². The molecule has 0 radical (unpaired) electrons. The first-order valence-electron chi connectivity index (χ1n) is 7.99. The van der Waals surface area contributed by atoms with E-state index in [4.69, 9.17) is 32.4 Å². The van der Waals surface area contributed by atoms with Crippen molar-refractivity contribution in [3.05, 3.63) is 63.7 Å². The van der Waals surface area contributed by atoms with Crippen molar-refractivity contribution in [3.63, 3.8) is 0 Å². The molecular weight excluding hydrogens is 377 g/mol. The van der Waals surface area contributed by atoms with Gasteiger partial charge in [-0.3, -0.25) is 4.79 Å². The van der Waals surface area contributed by atoms with Crippen LogP contribution in [0.3, 0.4) is 0 Å². The van der Waals surface area contributed by atoms with Crippen LogP contribution in [-0.2, 0) is 13.2 Å². The van der Waals surface area contributed by atoms with Gasteiger partial charge in [-0.25, -0.2) is 4.68 Å². The minimum Gasteiger partial charge on any atom is -0.484 e. The van der Waals surface area contributed by atoms with Gasteiger partial charge in [-0.05, 0) is 38.1 Å². The molecule has 0 spiro atoms. The molecule has 1 N–H and O–H groups in total. The van der Waals surface area contributed by atoms with Crippen molar-refractivity contribution in [2.75, 3.05) is 5.32 Å². The Balaban J connectivity index is 1.65. The van der Waals surface area contributed by atoms with Crippen LogP contribution >= 0.6 is 23.2 Å². The van der Waals surface area contributed by atoms with E-state index in [9.17, 15) is 4.79 Å². The van der Waals surface area contributed by atoms with Crippen molar-refractivity contribution in [1.82, 2.24) is 9.78 Å². The Bertz CT molecular complexity index is 934. The molecule has 0 unspecified atom stereocenters. The second-order valence-corrected chi connectivity index (χ2v) is 6.33. The molecular formula is C18H17Cl2N3O3. The average Bonchev–Trinajstić information content (AvgIpc) is 3.22. The van der Waals surface area contributed by atoms with E-state index in [1.54, 1.807) is 41.1 Å². The number of furan rings is 1. The second-order valence-electron chi connectivity index (χ2n) is 5.55. The number of nitrogens with one attached hydrogen (secondary N) is 1. The number of aryl methyl sites for hydroxylation is 2. The number of aromatic nitrogens is 2. The Morgan fingerprint density at radius 3 is 2.88 bits per heavy atom. The van der Waals surface area contributed by atoms with Crippen LogP contribution in [0.4, 0.5) is 5.82 Å². The van der Waals surface area contributed by atoms with Crippen LogP contribution in [0.2, 0.25) is 10.0 Å². The normalized spacial score (nSPS) is 10.8. The summed E-state index contributed by atoms with van der Waals surface area (Å²) in [5.74, 6) is 1.39. The summed E-state index contributed by atoms with van der Waals surface area (Å²) < 4.78 is 12.9. The van der Waals surface area contributed by atoms with Crippen molar-refractivity contribution >= 4 is 34.9 Å². The zero-order chi connectivity index (χ0) is 18.7. The molecule has 0 bridgehead atoms. The third-order valence-electron chi connectivity index (χ3n) is 3.61. The number of carbonyl (C=O) groups excluding carboxylic acids is 1.